The molecule has 0 spiro atoms. The van der Waals surface area contributed by atoms with Crippen molar-refractivity contribution in [2.45, 2.75) is 39.3 Å². The van der Waals surface area contributed by atoms with Gasteiger partial charge in [-0.15, -0.1) is 0 Å². The lowest BCUT2D eigenvalue weighted by Crippen LogP contribution is -2.49. The molecule has 0 radical (unpaired) electrons. The first-order valence-corrected chi connectivity index (χ1v) is 7.43. The summed E-state index contributed by atoms with van der Waals surface area (Å²) in [5.41, 5.74) is 1.21. The van der Waals surface area contributed by atoms with Gasteiger partial charge in [0.05, 0.1) is 0 Å². The predicted molar refractivity (Wildman–Crippen MR) is 77.6 cm³/mol. The maximum Gasteiger partial charge on any atom is 0.123 e. The number of piperazine rings is 1. The van der Waals surface area contributed by atoms with E-state index in [1.807, 2.05) is 12.1 Å². The number of halogens is 1. The minimum atomic E-state index is -0.151. The largest absolute Gasteiger partial charge is 0.298 e. The van der Waals surface area contributed by atoms with Gasteiger partial charge in [-0.1, -0.05) is 26.0 Å². The average Bonchev–Trinajstić information content (AvgIpc) is 2.44. The standard InChI is InChI=1S/C16H25FN2/c1-3-16(4-2)19-11-9-18(10-12-19)13-14-5-7-15(17)8-6-14/h5-8,16H,3-4,9-13H2,1-2H3. The lowest BCUT2D eigenvalue weighted by molar-refractivity contribution is 0.0881. The molecular formula is C16H25FN2. The Balaban J connectivity index is 1.81. The molecule has 1 saturated heterocycles. The van der Waals surface area contributed by atoms with Crippen LogP contribution in [0.25, 0.3) is 0 Å². The SMILES string of the molecule is CCC(CC)N1CCN(Cc2ccc(F)cc2)CC1. The second-order valence-corrected chi connectivity index (χ2v) is 5.41. The van der Waals surface area contributed by atoms with Gasteiger partial charge in [-0.3, -0.25) is 9.80 Å². The third-order valence-electron chi connectivity index (χ3n) is 4.19. The van der Waals surface area contributed by atoms with E-state index in [0.29, 0.717) is 0 Å². The molecule has 1 aliphatic heterocycles. The van der Waals surface area contributed by atoms with E-state index in [9.17, 15) is 4.39 Å². The summed E-state index contributed by atoms with van der Waals surface area (Å²) in [6.45, 7) is 10.1. The fourth-order valence-electron chi connectivity index (χ4n) is 2.94. The fourth-order valence-corrected chi connectivity index (χ4v) is 2.94. The number of benzene rings is 1. The first kappa shape index (κ1) is 14.5. The molecule has 0 bridgehead atoms. The minimum Gasteiger partial charge on any atom is -0.298 e. The molecule has 0 N–H and O–H groups in total. The van der Waals surface area contributed by atoms with Gasteiger partial charge in [0.25, 0.3) is 0 Å². The second kappa shape index (κ2) is 7.01. The smallest absolute Gasteiger partial charge is 0.123 e. The molecule has 1 aromatic carbocycles. The van der Waals surface area contributed by atoms with Gasteiger partial charge in [-0.25, -0.2) is 4.39 Å². The summed E-state index contributed by atoms with van der Waals surface area (Å²) >= 11 is 0. The van der Waals surface area contributed by atoms with E-state index in [-0.39, 0.29) is 5.82 Å². The number of nitrogens with zero attached hydrogens (tertiary/aromatic N) is 2. The molecule has 1 aliphatic rings. The van der Waals surface area contributed by atoms with E-state index >= 15 is 0 Å². The molecule has 106 valence electrons. The summed E-state index contributed by atoms with van der Waals surface area (Å²) in [7, 11) is 0. The Morgan fingerprint density at radius 2 is 1.58 bits per heavy atom. The molecule has 0 unspecified atom stereocenters. The van der Waals surface area contributed by atoms with Gasteiger partial charge < -0.3 is 0 Å². The van der Waals surface area contributed by atoms with Crippen LogP contribution in [-0.2, 0) is 6.54 Å². The van der Waals surface area contributed by atoms with Crippen LogP contribution < -0.4 is 0 Å². The Morgan fingerprint density at radius 3 is 2.11 bits per heavy atom. The lowest BCUT2D eigenvalue weighted by atomic mass is 10.1. The fraction of sp³-hybridized carbons (Fsp3) is 0.625. The van der Waals surface area contributed by atoms with Crippen LogP contribution in [0.2, 0.25) is 0 Å². The highest BCUT2D eigenvalue weighted by atomic mass is 19.1. The Bertz CT molecular complexity index is 365. The van der Waals surface area contributed by atoms with Crippen LogP contribution in [0, 0.1) is 5.82 Å². The zero-order valence-corrected chi connectivity index (χ0v) is 12.1. The topological polar surface area (TPSA) is 6.48 Å². The molecule has 0 amide bonds. The highest BCUT2D eigenvalue weighted by Crippen LogP contribution is 2.14. The van der Waals surface area contributed by atoms with Gasteiger partial charge >= 0.3 is 0 Å². The Hall–Kier alpha value is -0.930. The number of rotatable bonds is 5. The first-order valence-electron chi connectivity index (χ1n) is 7.43. The summed E-state index contributed by atoms with van der Waals surface area (Å²) in [5.74, 6) is -0.151. The van der Waals surface area contributed by atoms with Crippen LogP contribution in [0.4, 0.5) is 4.39 Å². The monoisotopic (exact) mass is 264 g/mol. The molecule has 0 saturated carbocycles. The van der Waals surface area contributed by atoms with Crippen molar-refractivity contribution in [1.82, 2.24) is 9.80 Å². The van der Waals surface area contributed by atoms with Crippen molar-refractivity contribution < 1.29 is 4.39 Å². The predicted octanol–water partition coefficient (Wildman–Crippen LogP) is 3.13. The van der Waals surface area contributed by atoms with E-state index in [1.54, 1.807) is 12.1 Å². The molecule has 0 atom stereocenters. The van der Waals surface area contributed by atoms with Crippen molar-refractivity contribution in [2.24, 2.45) is 0 Å². The molecular weight excluding hydrogens is 239 g/mol. The van der Waals surface area contributed by atoms with E-state index in [2.05, 4.69) is 23.6 Å². The molecule has 0 aromatic heterocycles. The van der Waals surface area contributed by atoms with Crippen molar-refractivity contribution in [3.05, 3.63) is 35.6 Å². The number of hydrogen-bond donors (Lipinski definition) is 0. The minimum absolute atomic E-state index is 0.151. The summed E-state index contributed by atoms with van der Waals surface area (Å²) in [4.78, 5) is 5.08. The summed E-state index contributed by atoms with van der Waals surface area (Å²) in [6, 6.07) is 7.63. The highest BCUT2D eigenvalue weighted by molar-refractivity contribution is 5.15. The van der Waals surface area contributed by atoms with Gasteiger partial charge in [0.15, 0.2) is 0 Å². The zero-order valence-electron chi connectivity index (χ0n) is 12.1. The third-order valence-corrected chi connectivity index (χ3v) is 4.19. The van der Waals surface area contributed by atoms with E-state index in [0.717, 1.165) is 38.8 Å². The normalized spacial score (nSPS) is 18.1. The third kappa shape index (κ3) is 4.02. The highest BCUT2D eigenvalue weighted by Gasteiger charge is 2.21. The molecule has 1 heterocycles. The second-order valence-electron chi connectivity index (χ2n) is 5.41. The van der Waals surface area contributed by atoms with Crippen LogP contribution in [0.15, 0.2) is 24.3 Å². The van der Waals surface area contributed by atoms with Gasteiger partial charge in [-0.2, -0.15) is 0 Å². The van der Waals surface area contributed by atoms with Gasteiger partial charge in [0, 0.05) is 38.8 Å². The molecule has 1 fully saturated rings. The molecule has 2 nitrogen and oxygen atoms in total. The van der Waals surface area contributed by atoms with Crippen LogP contribution in [-0.4, -0.2) is 42.0 Å². The summed E-state index contributed by atoms with van der Waals surface area (Å²) in [6.07, 6.45) is 2.49. The zero-order chi connectivity index (χ0) is 13.7. The van der Waals surface area contributed by atoms with E-state index in [1.165, 1.54) is 18.4 Å². The van der Waals surface area contributed by atoms with Crippen molar-refractivity contribution in [1.29, 1.82) is 0 Å². The maximum atomic E-state index is 12.9. The van der Waals surface area contributed by atoms with Crippen molar-refractivity contribution in [3.8, 4) is 0 Å². The maximum absolute atomic E-state index is 12.9. The van der Waals surface area contributed by atoms with Crippen molar-refractivity contribution >= 4 is 0 Å². The van der Waals surface area contributed by atoms with Crippen LogP contribution in [0.5, 0.6) is 0 Å². The Labute approximate surface area is 116 Å². The average molecular weight is 264 g/mol. The molecule has 1 aromatic rings. The quantitative estimate of drug-likeness (QED) is 0.806. The molecule has 0 aliphatic carbocycles. The van der Waals surface area contributed by atoms with Crippen molar-refractivity contribution in [2.75, 3.05) is 26.2 Å². The van der Waals surface area contributed by atoms with Gasteiger partial charge in [0.2, 0.25) is 0 Å². The van der Waals surface area contributed by atoms with Gasteiger partial charge in [0.1, 0.15) is 5.82 Å². The summed E-state index contributed by atoms with van der Waals surface area (Å²) < 4.78 is 12.9. The van der Waals surface area contributed by atoms with Crippen LogP contribution in [0.1, 0.15) is 32.3 Å². The van der Waals surface area contributed by atoms with Crippen LogP contribution >= 0.6 is 0 Å². The molecule has 19 heavy (non-hydrogen) atoms. The Kier molecular flexibility index (Phi) is 5.34. The molecule has 2 rings (SSSR count). The van der Waals surface area contributed by atoms with E-state index < -0.39 is 0 Å². The molecule has 3 heteroatoms. The first-order chi connectivity index (χ1) is 9.22. The summed E-state index contributed by atoms with van der Waals surface area (Å²) in [5, 5.41) is 0. The van der Waals surface area contributed by atoms with E-state index in [4.69, 9.17) is 0 Å². The lowest BCUT2D eigenvalue weighted by Gasteiger charge is -2.38. The van der Waals surface area contributed by atoms with Crippen molar-refractivity contribution in [3.63, 3.8) is 0 Å². The van der Waals surface area contributed by atoms with Gasteiger partial charge in [-0.05, 0) is 30.5 Å². The number of hydrogen-bond acceptors (Lipinski definition) is 2. The van der Waals surface area contributed by atoms with Crippen LogP contribution in [0.3, 0.4) is 0 Å². The Morgan fingerprint density at radius 1 is 1.00 bits per heavy atom.